The van der Waals surface area contributed by atoms with Crippen LogP contribution < -0.4 is 0 Å². The largest absolute Gasteiger partial charge is 0.471 e. The van der Waals surface area contributed by atoms with Crippen molar-refractivity contribution >= 4 is 31.9 Å². The molecule has 48 valence electrons. The fraction of sp³-hybridized carbons (Fsp3) is 0.333. The zero-order valence-electron chi connectivity index (χ0n) is 4.53. The summed E-state index contributed by atoms with van der Waals surface area (Å²) in [5, 5.41) is 0. The van der Waals surface area contributed by atoms with Crippen molar-refractivity contribution in [2.45, 2.75) is 10.9 Å². The molecule has 2 rings (SSSR count). The predicted molar refractivity (Wildman–Crippen MR) is 42.5 cm³/mol. The zero-order valence-corrected chi connectivity index (χ0v) is 7.70. The van der Waals surface area contributed by atoms with Gasteiger partial charge in [0.25, 0.3) is 0 Å². The van der Waals surface area contributed by atoms with Crippen LogP contribution in [0.25, 0.3) is 0 Å². The van der Waals surface area contributed by atoms with Gasteiger partial charge in [-0.2, -0.15) is 0 Å². The van der Waals surface area contributed by atoms with Gasteiger partial charge in [0.1, 0.15) is 5.76 Å². The highest BCUT2D eigenvalue weighted by Crippen LogP contribution is 2.46. The minimum atomic E-state index is -0.207. The van der Waals surface area contributed by atoms with E-state index in [1.165, 1.54) is 0 Å². The van der Waals surface area contributed by atoms with Crippen molar-refractivity contribution in [1.82, 2.24) is 0 Å². The molecule has 0 N–H and O–H groups in total. The average molecular weight is 252 g/mol. The van der Waals surface area contributed by atoms with Gasteiger partial charge in [-0.1, -0.05) is 0 Å². The number of hydrogen-bond donors (Lipinski definition) is 0. The van der Waals surface area contributed by atoms with Crippen LogP contribution in [0.4, 0.5) is 0 Å². The van der Waals surface area contributed by atoms with E-state index in [9.17, 15) is 0 Å². The Morgan fingerprint density at radius 2 is 2.44 bits per heavy atom. The van der Waals surface area contributed by atoms with Gasteiger partial charge in [-0.05, 0) is 44.0 Å². The summed E-state index contributed by atoms with van der Waals surface area (Å²) in [7, 11) is 0. The number of alkyl halides is 1. The van der Waals surface area contributed by atoms with E-state index in [2.05, 4.69) is 37.9 Å². The van der Waals surface area contributed by atoms with E-state index in [-0.39, 0.29) is 4.51 Å². The van der Waals surface area contributed by atoms with Gasteiger partial charge in [-0.15, -0.1) is 0 Å². The summed E-state index contributed by atoms with van der Waals surface area (Å²) >= 11 is 6.81. The minimum absolute atomic E-state index is 0.207. The molecule has 0 amide bonds. The van der Waals surface area contributed by atoms with E-state index in [0.29, 0.717) is 0 Å². The Morgan fingerprint density at radius 3 is 2.67 bits per heavy atom. The summed E-state index contributed by atoms with van der Waals surface area (Å²) in [5.74, 6) is 0.965. The molecule has 2 heterocycles. The molecule has 0 saturated carbocycles. The maximum atomic E-state index is 5.41. The molecule has 0 spiro atoms. The summed E-state index contributed by atoms with van der Waals surface area (Å²) < 4.78 is 6.26. The zero-order chi connectivity index (χ0) is 6.48. The Bertz CT molecular complexity index is 219. The Hall–Kier alpha value is 0.240. The lowest BCUT2D eigenvalue weighted by Gasteiger charge is -2.11. The van der Waals surface area contributed by atoms with Crippen LogP contribution in [0, 0.1) is 0 Å². The number of halogens is 2. The van der Waals surface area contributed by atoms with E-state index in [1.807, 2.05) is 6.08 Å². The molecule has 0 aromatic heterocycles. The molecule has 9 heavy (non-hydrogen) atoms. The van der Waals surface area contributed by atoms with Gasteiger partial charge in [0.05, 0.1) is 4.48 Å². The van der Waals surface area contributed by atoms with E-state index in [4.69, 9.17) is 4.74 Å². The standard InChI is InChI=1S/C6H4Br2O/c7-4-3-6(8)2-1-5(4)9-6/h1,3H,2H2. The second-order valence-corrected chi connectivity index (χ2v) is 4.35. The lowest BCUT2D eigenvalue weighted by atomic mass is 10.2. The van der Waals surface area contributed by atoms with Crippen LogP contribution in [0.1, 0.15) is 6.42 Å². The van der Waals surface area contributed by atoms with E-state index >= 15 is 0 Å². The van der Waals surface area contributed by atoms with Crippen LogP contribution in [-0.2, 0) is 4.74 Å². The summed E-state index contributed by atoms with van der Waals surface area (Å²) in [6, 6.07) is 0. The van der Waals surface area contributed by atoms with Crippen LogP contribution in [-0.4, -0.2) is 4.51 Å². The van der Waals surface area contributed by atoms with Gasteiger partial charge < -0.3 is 4.74 Å². The average Bonchev–Trinajstić information content (AvgIpc) is 2.20. The van der Waals surface area contributed by atoms with Gasteiger partial charge >= 0.3 is 0 Å². The molecule has 0 aliphatic carbocycles. The minimum Gasteiger partial charge on any atom is -0.471 e. The summed E-state index contributed by atoms with van der Waals surface area (Å²) in [5.41, 5.74) is 0. The molecule has 0 saturated heterocycles. The molecule has 0 fully saturated rings. The Balaban J connectivity index is 2.46. The molecule has 0 radical (unpaired) electrons. The van der Waals surface area contributed by atoms with Crippen molar-refractivity contribution in [2.75, 3.05) is 0 Å². The number of ether oxygens (including phenoxy) is 1. The molecular weight excluding hydrogens is 248 g/mol. The lowest BCUT2D eigenvalue weighted by molar-refractivity contribution is 0.186. The molecule has 2 aliphatic rings. The summed E-state index contributed by atoms with van der Waals surface area (Å²) in [6.45, 7) is 0. The van der Waals surface area contributed by atoms with Crippen LogP contribution in [0.2, 0.25) is 0 Å². The van der Waals surface area contributed by atoms with Gasteiger partial charge in [0, 0.05) is 6.42 Å². The first-order valence-electron chi connectivity index (χ1n) is 2.66. The molecule has 0 aromatic rings. The third-order valence-corrected chi connectivity index (χ3v) is 2.76. The van der Waals surface area contributed by atoms with Gasteiger partial charge in [0.15, 0.2) is 4.51 Å². The van der Waals surface area contributed by atoms with Crippen molar-refractivity contribution < 1.29 is 4.74 Å². The van der Waals surface area contributed by atoms with Crippen molar-refractivity contribution in [3.63, 3.8) is 0 Å². The normalized spacial score (nSPS) is 38.0. The van der Waals surface area contributed by atoms with E-state index in [1.54, 1.807) is 0 Å². The molecule has 3 heteroatoms. The molecule has 0 aromatic carbocycles. The van der Waals surface area contributed by atoms with E-state index < -0.39 is 0 Å². The maximum absolute atomic E-state index is 5.41. The first-order valence-corrected chi connectivity index (χ1v) is 4.25. The highest BCUT2D eigenvalue weighted by molar-refractivity contribution is 9.12. The second-order valence-electron chi connectivity index (χ2n) is 2.15. The Kier molecular flexibility index (Phi) is 1.09. The molecular formula is C6H4Br2O. The second kappa shape index (κ2) is 1.64. The van der Waals surface area contributed by atoms with Crippen LogP contribution in [0.3, 0.4) is 0 Å². The fourth-order valence-corrected chi connectivity index (χ4v) is 2.48. The summed E-state index contributed by atoms with van der Waals surface area (Å²) in [6.07, 6.45) is 5.04. The number of fused-ring (bicyclic) bond motifs is 2. The monoisotopic (exact) mass is 250 g/mol. The van der Waals surface area contributed by atoms with Crippen molar-refractivity contribution in [3.05, 3.63) is 22.4 Å². The third-order valence-electron chi connectivity index (χ3n) is 1.42. The van der Waals surface area contributed by atoms with Crippen LogP contribution >= 0.6 is 31.9 Å². The molecule has 1 atom stereocenters. The smallest absolute Gasteiger partial charge is 0.186 e. The first-order chi connectivity index (χ1) is 4.20. The van der Waals surface area contributed by atoms with E-state index in [0.717, 1.165) is 16.7 Å². The number of allylic oxidation sites excluding steroid dienone is 1. The van der Waals surface area contributed by atoms with Gasteiger partial charge in [-0.3, -0.25) is 0 Å². The third kappa shape index (κ3) is 0.783. The first kappa shape index (κ1) is 5.98. The highest BCUT2D eigenvalue weighted by Gasteiger charge is 2.38. The highest BCUT2D eigenvalue weighted by atomic mass is 79.9. The van der Waals surface area contributed by atoms with Gasteiger partial charge in [-0.25, -0.2) is 0 Å². The summed E-state index contributed by atoms with van der Waals surface area (Å²) in [4.78, 5) is 0. The molecule has 1 unspecified atom stereocenters. The molecule has 2 bridgehead atoms. The number of rotatable bonds is 0. The van der Waals surface area contributed by atoms with Gasteiger partial charge in [0.2, 0.25) is 0 Å². The number of hydrogen-bond acceptors (Lipinski definition) is 1. The Labute approximate surface area is 70.0 Å². The topological polar surface area (TPSA) is 9.23 Å². The quantitative estimate of drug-likeness (QED) is 0.602. The van der Waals surface area contributed by atoms with Crippen molar-refractivity contribution in [2.24, 2.45) is 0 Å². The lowest BCUT2D eigenvalue weighted by Crippen LogP contribution is -2.11. The van der Waals surface area contributed by atoms with Crippen LogP contribution in [0.15, 0.2) is 22.4 Å². The maximum Gasteiger partial charge on any atom is 0.186 e. The Morgan fingerprint density at radius 1 is 1.67 bits per heavy atom. The van der Waals surface area contributed by atoms with Crippen LogP contribution in [0.5, 0.6) is 0 Å². The molecule has 1 nitrogen and oxygen atoms in total. The van der Waals surface area contributed by atoms with Crippen molar-refractivity contribution in [1.29, 1.82) is 0 Å². The van der Waals surface area contributed by atoms with Crippen molar-refractivity contribution in [3.8, 4) is 0 Å². The molecule has 2 aliphatic heterocycles. The predicted octanol–water partition coefficient (Wildman–Crippen LogP) is 2.67. The fourth-order valence-electron chi connectivity index (χ4n) is 0.993. The SMILES string of the molecule is BrC1=CC2(Br)CC=C1O2.